The van der Waals surface area contributed by atoms with E-state index in [4.69, 9.17) is 11.6 Å². The number of anilines is 1. The monoisotopic (exact) mass is 173 g/mol. The molecule has 1 aromatic carbocycles. The van der Waals surface area contributed by atoms with Crippen LogP contribution in [0.1, 0.15) is 0 Å². The topological polar surface area (TPSA) is 29.1 Å². The van der Waals surface area contributed by atoms with Crippen molar-refractivity contribution in [2.45, 2.75) is 0 Å². The van der Waals surface area contributed by atoms with Crippen LogP contribution in [0.4, 0.5) is 14.9 Å². The Labute approximate surface area is 68.0 Å². The summed E-state index contributed by atoms with van der Waals surface area (Å²) in [5.41, 5.74) is 0.478. The first-order chi connectivity index (χ1) is 5.18. The Morgan fingerprint density at radius 1 is 1.36 bits per heavy atom. The molecule has 0 radical (unpaired) electrons. The van der Waals surface area contributed by atoms with Crippen molar-refractivity contribution in [3.8, 4) is 0 Å². The number of amides is 1. The summed E-state index contributed by atoms with van der Waals surface area (Å²) in [7, 11) is 0. The van der Waals surface area contributed by atoms with Gasteiger partial charge in [0.05, 0.1) is 0 Å². The van der Waals surface area contributed by atoms with Gasteiger partial charge >= 0.3 is 5.37 Å². The first-order valence-electron chi connectivity index (χ1n) is 2.90. The molecule has 0 aromatic heterocycles. The van der Waals surface area contributed by atoms with Crippen molar-refractivity contribution in [3.05, 3.63) is 30.1 Å². The van der Waals surface area contributed by atoms with E-state index in [1.165, 1.54) is 24.3 Å². The van der Waals surface area contributed by atoms with Gasteiger partial charge < -0.3 is 5.32 Å². The molecule has 0 aliphatic heterocycles. The Hall–Kier alpha value is -1.09. The molecular formula is C7H5ClFNO. The summed E-state index contributed by atoms with van der Waals surface area (Å²) in [4.78, 5) is 10.3. The van der Waals surface area contributed by atoms with Gasteiger partial charge in [-0.1, -0.05) is 0 Å². The van der Waals surface area contributed by atoms with Crippen LogP contribution in [0.3, 0.4) is 0 Å². The second-order valence-electron chi connectivity index (χ2n) is 1.91. The second kappa shape index (κ2) is 3.34. The number of carbonyl (C=O) groups is 1. The molecule has 0 aliphatic rings. The van der Waals surface area contributed by atoms with Crippen LogP contribution in [0.2, 0.25) is 0 Å². The molecule has 0 saturated heterocycles. The lowest BCUT2D eigenvalue weighted by Crippen LogP contribution is -2.00. The maximum absolute atomic E-state index is 12.3. The summed E-state index contributed by atoms with van der Waals surface area (Å²) in [5.74, 6) is -0.349. The number of carbonyl (C=O) groups excluding carboxylic acids is 1. The lowest BCUT2D eigenvalue weighted by atomic mass is 10.3. The Kier molecular flexibility index (Phi) is 2.44. The van der Waals surface area contributed by atoms with E-state index in [0.29, 0.717) is 5.69 Å². The maximum atomic E-state index is 12.3. The van der Waals surface area contributed by atoms with Gasteiger partial charge in [-0.3, -0.25) is 4.79 Å². The van der Waals surface area contributed by atoms with Crippen LogP contribution >= 0.6 is 11.6 Å². The van der Waals surface area contributed by atoms with Crippen LogP contribution in [0.25, 0.3) is 0 Å². The molecule has 0 saturated carbocycles. The Morgan fingerprint density at radius 3 is 2.36 bits per heavy atom. The van der Waals surface area contributed by atoms with Gasteiger partial charge in [0.1, 0.15) is 5.82 Å². The van der Waals surface area contributed by atoms with Gasteiger partial charge in [0.15, 0.2) is 0 Å². The zero-order chi connectivity index (χ0) is 8.27. The highest BCUT2D eigenvalue weighted by atomic mass is 35.5. The fourth-order valence-electron chi connectivity index (χ4n) is 0.647. The number of halogens is 2. The standard InChI is InChI=1S/C7H5ClFNO/c8-7(11)10-6-3-1-5(9)2-4-6/h1-4H,(H,10,11). The fourth-order valence-corrected chi connectivity index (χ4v) is 0.756. The van der Waals surface area contributed by atoms with Crippen molar-refractivity contribution in [2.75, 3.05) is 5.32 Å². The molecule has 0 aliphatic carbocycles. The van der Waals surface area contributed by atoms with Gasteiger partial charge in [-0.05, 0) is 35.9 Å². The van der Waals surface area contributed by atoms with Crippen molar-refractivity contribution in [1.29, 1.82) is 0 Å². The number of rotatable bonds is 1. The third kappa shape index (κ3) is 2.55. The van der Waals surface area contributed by atoms with Gasteiger partial charge in [-0.15, -0.1) is 0 Å². The molecule has 0 spiro atoms. The number of nitrogens with one attached hydrogen (secondary N) is 1. The van der Waals surface area contributed by atoms with Crippen LogP contribution in [-0.2, 0) is 0 Å². The molecule has 58 valence electrons. The minimum Gasteiger partial charge on any atom is -0.312 e. The maximum Gasteiger partial charge on any atom is 0.318 e. The van der Waals surface area contributed by atoms with Crippen molar-refractivity contribution in [1.82, 2.24) is 0 Å². The molecule has 0 fully saturated rings. The summed E-state index contributed by atoms with van der Waals surface area (Å²) in [6.07, 6.45) is 0. The molecule has 1 N–H and O–H groups in total. The minimum atomic E-state index is -0.684. The molecule has 0 atom stereocenters. The third-order valence-corrected chi connectivity index (χ3v) is 1.18. The molecule has 0 heterocycles. The largest absolute Gasteiger partial charge is 0.318 e. The average Bonchev–Trinajstić information content (AvgIpc) is 1.93. The Balaban J connectivity index is 2.74. The molecular weight excluding hydrogens is 169 g/mol. The van der Waals surface area contributed by atoms with Gasteiger partial charge in [0.25, 0.3) is 0 Å². The molecule has 0 unspecified atom stereocenters. The van der Waals surface area contributed by atoms with E-state index in [2.05, 4.69) is 5.32 Å². The summed E-state index contributed by atoms with van der Waals surface area (Å²) in [6, 6.07) is 5.33. The molecule has 1 aromatic rings. The van der Waals surface area contributed by atoms with Gasteiger partial charge in [-0.25, -0.2) is 4.39 Å². The molecule has 1 amide bonds. The Morgan fingerprint density at radius 2 is 1.91 bits per heavy atom. The molecule has 1 rings (SSSR count). The number of hydrogen-bond donors (Lipinski definition) is 1. The van der Waals surface area contributed by atoms with E-state index >= 15 is 0 Å². The highest BCUT2D eigenvalue weighted by molar-refractivity contribution is 6.65. The van der Waals surface area contributed by atoms with Crippen molar-refractivity contribution in [2.24, 2.45) is 0 Å². The Bertz CT molecular complexity index is 260. The highest BCUT2D eigenvalue weighted by Gasteiger charge is 1.95. The summed E-state index contributed by atoms with van der Waals surface area (Å²) in [6.45, 7) is 0. The first-order valence-corrected chi connectivity index (χ1v) is 3.28. The van der Waals surface area contributed by atoms with E-state index < -0.39 is 5.37 Å². The minimum absolute atomic E-state index is 0.349. The highest BCUT2D eigenvalue weighted by Crippen LogP contribution is 2.08. The van der Waals surface area contributed by atoms with Crippen molar-refractivity contribution >= 4 is 22.7 Å². The second-order valence-corrected chi connectivity index (χ2v) is 2.25. The van der Waals surface area contributed by atoms with E-state index in [-0.39, 0.29) is 5.82 Å². The average molecular weight is 174 g/mol. The van der Waals surface area contributed by atoms with E-state index in [0.717, 1.165) is 0 Å². The zero-order valence-corrected chi connectivity index (χ0v) is 6.23. The normalized spacial score (nSPS) is 9.27. The van der Waals surface area contributed by atoms with E-state index in [1.54, 1.807) is 0 Å². The quantitative estimate of drug-likeness (QED) is 0.513. The molecule has 0 bridgehead atoms. The lowest BCUT2D eigenvalue weighted by Gasteiger charge is -1.97. The summed E-state index contributed by atoms with van der Waals surface area (Å²) in [5, 5.41) is 1.61. The van der Waals surface area contributed by atoms with Crippen LogP contribution in [0.15, 0.2) is 24.3 Å². The van der Waals surface area contributed by atoms with Gasteiger partial charge in [0.2, 0.25) is 0 Å². The smallest absolute Gasteiger partial charge is 0.312 e. The van der Waals surface area contributed by atoms with E-state index in [9.17, 15) is 9.18 Å². The van der Waals surface area contributed by atoms with E-state index in [1.807, 2.05) is 0 Å². The number of hydrogen-bond acceptors (Lipinski definition) is 1. The van der Waals surface area contributed by atoms with Gasteiger partial charge in [0, 0.05) is 5.69 Å². The van der Waals surface area contributed by atoms with Crippen molar-refractivity contribution in [3.63, 3.8) is 0 Å². The van der Waals surface area contributed by atoms with Crippen molar-refractivity contribution < 1.29 is 9.18 Å². The summed E-state index contributed by atoms with van der Waals surface area (Å²) >= 11 is 5.01. The SMILES string of the molecule is O=C(Cl)Nc1ccc(F)cc1. The molecule has 11 heavy (non-hydrogen) atoms. The summed E-state index contributed by atoms with van der Waals surface area (Å²) < 4.78 is 12.3. The third-order valence-electron chi connectivity index (χ3n) is 1.09. The predicted molar refractivity (Wildman–Crippen MR) is 41.3 cm³/mol. The molecule has 4 heteroatoms. The van der Waals surface area contributed by atoms with Crippen LogP contribution in [-0.4, -0.2) is 5.37 Å². The zero-order valence-electron chi connectivity index (χ0n) is 5.47. The molecule has 2 nitrogen and oxygen atoms in total. The first kappa shape index (κ1) is 8.01. The van der Waals surface area contributed by atoms with Crippen LogP contribution < -0.4 is 5.32 Å². The van der Waals surface area contributed by atoms with Gasteiger partial charge in [-0.2, -0.15) is 0 Å². The lowest BCUT2D eigenvalue weighted by molar-refractivity contribution is 0.269. The van der Waals surface area contributed by atoms with Crippen LogP contribution in [0, 0.1) is 5.82 Å². The predicted octanol–water partition coefficient (Wildman–Crippen LogP) is 2.60. The van der Waals surface area contributed by atoms with Crippen LogP contribution in [0.5, 0.6) is 0 Å². The fraction of sp³-hybridized carbons (Fsp3) is 0. The number of benzene rings is 1.